The van der Waals surface area contributed by atoms with Gasteiger partial charge in [0.15, 0.2) is 11.5 Å². The molecule has 4 atom stereocenters. The van der Waals surface area contributed by atoms with Gasteiger partial charge in [-0.05, 0) is 30.5 Å². The first-order valence-electron chi connectivity index (χ1n) is 11.7. The zero-order chi connectivity index (χ0) is 25.7. The van der Waals surface area contributed by atoms with Crippen LogP contribution in [0.4, 0.5) is 0 Å². The van der Waals surface area contributed by atoms with Crippen LogP contribution in [0.3, 0.4) is 0 Å². The molecule has 10 nitrogen and oxygen atoms in total. The third-order valence-electron chi connectivity index (χ3n) is 6.31. The summed E-state index contributed by atoms with van der Waals surface area (Å²) in [6, 6.07) is 2.29. The molecule has 1 aliphatic heterocycles. The Kier molecular flexibility index (Phi) is 8.87. The van der Waals surface area contributed by atoms with Crippen molar-refractivity contribution in [2.45, 2.75) is 44.4 Å². The van der Waals surface area contributed by atoms with E-state index in [4.69, 9.17) is 14.2 Å². The molecule has 4 unspecified atom stereocenters. The molecule has 2 aliphatic rings. The zero-order valence-corrected chi connectivity index (χ0v) is 20.5. The normalized spacial score (nSPS) is 22.5. The van der Waals surface area contributed by atoms with Crippen LogP contribution in [0.5, 0.6) is 11.5 Å². The Balaban J connectivity index is 2.11. The fraction of sp³-hybridized carbons (Fsp3) is 0.560. The van der Waals surface area contributed by atoms with Gasteiger partial charge in [-0.15, -0.1) is 0 Å². The Morgan fingerprint density at radius 2 is 2.03 bits per heavy atom. The van der Waals surface area contributed by atoms with Gasteiger partial charge in [-0.25, -0.2) is 0 Å². The molecule has 1 aromatic carbocycles. The number of aliphatic hydroxyl groups excluding tert-OH is 2. The van der Waals surface area contributed by atoms with Gasteiger partial charge in [0.1, 0.15) is 25.1 Å². The standard InChI is InChI=1S/C25H34N2O8/c1-14(2)5-7-27(20(30)13-33-3)18-11-17(25(32)26-6-8-28)21-16-9-15(12-29)10-19(34-4)23(16)35-24(21)22(18)31/h9-12,14,18,21-22,24,28,31H,5-8,13H2,1-4H3,(H,26,32). The van der Waals surface area contributed by atoms with Crippen molar-refractivity contribution < 1.29 is 38.8 Å². The molecule has 0 radical (unpaired) electrons. The maximum absolute atomic E-state index is 13.2. The Morgan fingerprint density at radius 1 is 1.29 bits per heavy atom. The molecule has 1 aromatic rings. The minimum Gasteiger partial charge on any atom is -0.493 e. The van der Waals surface area contributed by atoms with Crippen molar-refractivity contribution in [2.24, 2.45) is 5.92 Å². The fourth-order valence-corrected chi connectivity index (χ4v) is 4.60. The van der Waals surface area contributed by atoms with Gasteiger partial charge in [0.05, 0.1) is 25.7 Å². The number of hydrogen-bond acceptors (Lipinski definition) is 8. The summed E-state index contributed by atoms with van der Waals surface area (Å²) in [7, 11) is 2.86. The number of rotatable bonds is 11. The van der Waals surface area contributed by atoms with E-state index < -0.39 is 30.1 Å². The summed E-state index contributed by atoms with van der Waals surface area (Å²) in [6.45, 7) is 4.03. The Bertz CT molecular complexity index is 976. The lowest BCUT2D eigenvalue weighted by atomic mass is 9.77. The molecule has 1 aliphatic carbocycles. The Hall–Kier alpha value is -2.95. The topological polar surface area (TPSA) is 135 Å². The number of hydrogen-bond donors (Lipinski definition) is 3. The number of amides is 2. The number of methoxy groups -OCH3 is 2. The number of carbonyl (C=O) groups is 3. The molecule has 0 fully saturated rings. The molecule has 0 saturated heterocycles. The molecule has 0 saturated carbocycles. The molecule has 3 N–H and O–H groups in total. The van der Waals surface area contributed by atoms with Crippen molar-refractivity contribution in [3.05, 3.63) is 34.9 Å². The van der Waals surface area contributed by atoms with Gasteiger partial charge in [-0.1, -0.05) is 13.8 Å². The van der Waals surface area contributed by atoms with Crippen molar-refractivity contribution in [1.82, 2.24) is 10.2 Å². The minimum atomic E-state index is -1.17. The Labute approximate surface area is 204 Å². The van der Waals surface area contributed by atoms with Crippen LogP contribution in [-0.2, 0) is 14.3 Å². The highest BCUT2D eigenvalue weighted by molar-refractivity contribution is 5.96. The van der Waals surface area contributed by atoms with E-state index in [1.54, 1.807) is 12.1 Å². The van der Waals surface area contributed by atoms with E-state index in [-0.39, 0.29) is 31.2 Å². The van der Waals surface area contributed by atoms with E-state index in [1.807, 2.05) is 13.8 Å². The SMILES string of the molecule is COCC(=O)N(CCC(C)C)C1C=C(C(=O)NCCO)C2c3cc(C=O)cc(OC)c3OC2C1O. The second-order valence-corrected chi connectivity index (χ2v) is 9.10. The predicted molar refractivity (Wildman–Crippen MR) is 127 cm³/mol. The number of fused-ring (bicyclic) bond motifs is 3. The van der Waals surface area contributed by atoms with Crippen molar-refractivity contribution in [3.8, 4) is 11.5 Å². The van der Waals surface area contributed by atoms with Gasteiger partial charge in [0.25, 0.3) is 0 Å². The highest BCUT2D eigenvalue weighted by atomic mass is 16.5. The van der Waals surface area contributed by atoms with E-state index in [9.17, 15) is 24.6 Å². The second kappa shape index (κ2) is 11.7. The van der Waals surface area contributed by atoms with E-state index in [2.05, 4.69) is 5.32 Å². The molecule has 1 heterocycles. The largest absolute Gasteiger partial charge is 0.493 e. The van der Waals surface area contributed by atoms with Gasteiger partial charge in [0.2, 0.25) is 11.8 Å². The van der Waals surface area contributed by atoms with Crippen LogP contribution in [0.25, 0.3) is 0 Å². The van der Waals surface area contributed by atoms with Crippen LogP contribution in [0, 0.1) is 5.92 Å². The monoisotopic (exact) mass is 490 g/mol. The number of nitrogens with one attached hydrogen (secondary N) is 1. The molecule has 10 heteroatoms. The highest BCUT2D eigenvalue weighted by Gasteiger charge is 2.51. The van der Waals surface area contributed by atoms with Gasteiger partial charge < -0.3 is 34.6 Å². The van der Waals surface area contributed by atoms with Gasteiger partial charge in [0, 0.05) is 36.9 Å². The number of aldehydes is 1. The van der Waals surface area contributed by atoms with E-state index in [1.165, 1.54) is 25.2 Å². The molecular weight excluding hydrogens is 456 g/mol. The van der Waals surface area contributed by atoms with Gasteiger partial charge in [-0.3, -0.25) is 14.4 Å². The van der Waals surface area contributed by atoms with Crippen LogP contribution in [0.1, 0.15) is 42.1 Å². The van der Waals surface area contributed by atoms with E-state index in [0.717, 1.165) is 0 Å². The molecular formula is C25H34N2O8. The number of ether oxygens (including phenoxy) is 3. The quantitative estimate of drug-likeness (QED) is 0.385. The first-order chi connectivity index (χ1) is 16.8. The maximum Gasteiger partial charge on any atom is 0.249 e. The van der Waals surface area contributed by atoms with Crippen LogP contribution in [-0.4, -0.2) is 92.0 Å². The minimum absolute atomic E-state index is 0.0336. The molecule has 0 aromatic heterocycles. The molecule has 0 bridgehead atoms. The lowest BCUT2D eigenvalue weighted by molar-refractivity contribution is -0.141. The third kappa shape index (κ3) is 5.50. The zero-order valence-electron chi connectivity index (χ0n) is 20.5. The number of carbonyl (C=O) groups excluding carboxylic acids is 3. The van der Waals surface area contributed by atoms with Crippen molar-refractivity contribution in [3.63, 3.8) is 0 Å². The number of nitrogens with zero attached hydrogens (tertiary/aromatic N) is 1. The van der Waals surface area contributed by atoms with Crippen LogP contribution >= 0.6 is 0 Å². The number of benzene rings is 1. The molecule has 192 valence electrons. The Morgan fingerprint density at radius 3 is 2.63 bits per heavy atom. The summed E-state index contributed by atoms with van der Waals surface area (Å²) < 4.78 is 16.6. The maximum atomic E-state index is 13.2. The summed E-state index contributed by atoms with van der Waals surface area (Å²) in [5.41, 5.74) is 1.16. The molecule has 2 amide bonds. The first kappa shape index (κ1) is 26.7. The van der Waals surface area contributed by atoms with Gasteiger partial charge in [-0.2, -0.15) is 0 Å². The third-order valence-corrected chi connectivity index (χ3v) is 6.31. The van der Waals surface area contributed by atoms with Crippen LogP contribution in [0.15, 0.2) is 23.8 Å². The van der Waals surface area contributed by atoms with Crippen molar-refractivity contribution >= 4 is 18.1 Å². The molecule has 35 heavy (non-hydrogen) atoms. The van der Waals surface area contributed by atoms with Crippen molar-refractivity contribution in [2.75, 3.05) is 40.5 Å². The molecule has 3 rings (SSSR count). The molecule has 0 spiro atoms. The van der Waals surface area contributed by atoms with Crippen LogP contribution in [0.2, 0.25) is 0 Å². The smallest absolute Gasteiger partial charge is 0.249 e. The lowest BCUT2D eigenvalue weighted by Crippen LogP contribution is -2.56. The summed E-state index contributed by atoms with van der Waals surface area (Å²) >= 11 is 0. The first-order valence-corrected chi connectivity index (χ1v) is 11.7. The summed E-state index contributed by atoms with van der Waals surface area (Å²) in [4.78, 5) is 39.2. The van der Waals surface area contributed by atoms with E-state index in [0.29, 0.717) is 47.8 Å². The summed E-state index contributed by atoms with van der Waals surface area (Å²) in [5.74, 6) is -0.529. The van der Waals surface area contributed by atoms with Gasteiger partial charge >= 0.3 is 0 Å². The highest BCUT2D eigenvalue weighted by Crippen LogP contribution is 2.51. The average Bonchev–Trinajstić information content (AvgIpc) is 3.23. The summed E-state index contributed by atoms with van der Waals surface area (Å²) in [6.07, 6.45) is 0.876. The van der Waals surface area contributed by atoms with Crippen molar-refractivity contribution in [1.29, 1.82) is 0 Å². The second-order valence-electron chi connectivity index (χ2n) is 9.10. The van der Waals surface area contributed by atoms with Crippen LogP contribution < -0.4 is 14.8 Å². The van der Waals surface area contributed by atoms with E-state index >= 15 is 0 Å². The predicted octanol–water partition coefficient (Wildman–Crippen LogP) is 0.651. The number of aliphatic hydroxyl groups is 2. The lowest BCUT2D eigenvalue weighted by Gasteiger charge is -2.41. The summed E-state index contributed by atoms with van der Waals surface area (Å²) in [5, 5.41) is 23.3. The fourth-order valence-electron chi connectivity index (χ4n) is 4.60. The average molecular weight is 491 g/mol.